The van der Waals surface area contributed by atoms with Gasteiger partial charge in [-0.05, 0) is 24.3 Å². The van der Waals surface area contributed by atoms with E-state index in [-0.39, 0.29) is 5.91 Å². The third-order valence-electron chi connectivity index (χ3n) is 3.91. The van der Waals surface area contributed by atoms with Crippen molar-refractivity contribution in [1.29, 1.82) is 0 Å². The first-order valence-electron chi connectivity index (χ1n) is 7.73. The van der Waals surface area contributed by atoms with Crippen molar-refractivity contribution in [3.8, 4) is 0 Å². The van der Waals surface area contributed by atoms with Crippen molar-refractivity contribution in [3.05, 3.63) is 72.3 Å². The van der Waals surface area contributed by atoms with E-state index in [4.69, 9.17) is 0 Å². The number of hydrogen-bond acceptors (Lipinski definition) is 4. The van der Waals surface area contributed by atoms with E-state index in [1.165, 1.54) is 0 Å². The van der Waals surface area contributed by atoms with Crippen molar-refractivity contribution >= 4 is 22.5 Å². The van der Waals surface area contributed by atoms with E-state index in [0.717, 1.165) is 22.4 Å². The van der Waals surface area contributed by atoms with Gasteiger partial charge in [0, 0.05) is 30.7 Å². The Morgan fingerprint density at radius 1 is 1.04 bits per heavy atom. The van der Waals surface area contributed by atoms with E-state index >= 15 is 0 Å². The van der Waals surface area contributed by atoms with E-state index < -0.39 is 0 Å². The summed E-state index contributed by atoms with van der Waals surface area (Å²) in [6.45, 7) is 0.491. The molecule has 0 unspecified atom stereocenters. The monoisotopic (exact) mass is 317 g/mol. The van der Waals surface area contributed by atoms with Crippen LogP contribution in [0.1, 0.15) is 16.2 Å². The van der Waals surface area contributed by atoms with Gasteiger partial charge in [-0.3, -0.25) is 14.2 Å². The Labute approximate surface area is 138 Å². The normalized spacial score (nSPS) is 11.0. The molecule has 0 aliphatic heterocycles. The van der Waals surface area contributed by atoms with Crippen LogP contribution in [0.5, 0.6) is 0 Å². The Morgan fingerprint density at radius 3 is 2.88 bits per heavy atom. The van der Waals surface area contributed by atoms with E-state index in [2.05, 4.69) is 20.5 Å². The van der Waals surface area contributed by atoms with Crippen LogP contribution in [0.15, 0.2) is 60.9 Å². The number of carbonyl (C=O) groups excluding carboxylic acids is 1. The number of rotatable bonds is 4. The molecule has 0 saturated carbocycles. The molecular formula is C18H15N5O. The molecule has 0 aliphatic rings. The van der Waals surface area contributed by atoms with Crippen molar-refractivity contribution in [3.63, 3.8) is 0 Å². The van der Waals surface area contributed by atoms with Crippen LogP contribution in [0, 0.1) is 0 Å². The summed E-state index contributed by atoms with van der Waals surface area (Å²) in [5.41, 5.74) is 2.25. The minimum atomic E-state index is -0.109. The molecule has 1 aromatic carbocycles. The molecule has 24 heavy (non-hydrogen) atoms. The molecule has 6 nitrogen and oxygen atoms in total. The lowest BCUT2D eigenvalue weighted by atomic mass is 10.1. The van der Waals surface area contributed by atoms with E-state index in [1.807, 2.05) is 53.1 Å². The zero-order chi connectivity index (χ0) is 16.4. The summed E-state index contributed by atoms with van der Waals surface area (Å²) in [5, 5.41) is 12.1. The third kappa shape index (κ3) is 2.58. The van der Waals surface area contributed by atoms with Crippen LogP contribution >= 0.6 is 0 Å². The Bertz CT molecular complexity index is 1020. The molecule has 3 aromatic heterocycles. The van der Waals surface area contributed by atoms with E-state index in [1.54, 1.807) is 12.3 Å². The fourth-order valence-corrected chi connectivity index (χ4v) is 2.74. The minimum absolute atomic E-state index is 0.109. The highest BCUT2D eigenvalue weighted by Gasteiger charge is 2.10. The van der Waals surface area contributed by atoms with Gasteiger partial charge in [0.15, 0.2) is 5.65 Å². The molecule has 6 heteroatoms. The van der Waals surface area contributed by atoms with E-state index in [0.29, 0.717) is 18.5 Å². The number of pyridine rings is 2. The van der Waals surface area contributed by atoms with Gasteiger partial charge in [-0.2, -0.15) is 0 Å². The van der Waals surface area contributed by atoms with Crippen LogP contribution in [0.25, 0.3) is 16.6 Å². The van der Waals surface area contributed by atoms with Crippen LogP contribution in [0.4, 0.5) is 0 Å². The Morgan fingerprint density at radius 2 is 1.92 bits per heavy atom. The van der Waals surface area contributed by atoms with Gasteiger partial charge in [0.2, 0.25) is 0 Å². The predicted molar refractivity (Wildman–Crippen MR) is 90.8 cm³/mol. The highest BCUT2D eigenvalue weighted by molar-refractivity contribution is 6.05. The number of hydrogen-bond donors (Lipinski definition) is 1. The molecule has 3 heterocycles. The van der Waals surface area contributed by atoms with Crippen molar-refractivity contribution in [2.45, 2.75) is 6.42 Å². The highest BCUT2D eigenvalue weighted by Crippen LogP contribution is 2.15. The first-order valence-corrected chi connectivity index (χ1v) is 7.73. The van der Waals surface area contributed by atoms with Gasteiger partial charge in [-0.25, -0.2) is 0 Å². The van der Waals surface area contributed by atoms with Crippen LogP contribution in [-0.4, -0.2) is 32.0 Å². The summed E-state index contributed by atoms with van der Waals surface area (Å²) < 4.78 is 1.92. The molecule has 0 atom stereocenters. The fourth-order valence-electron chi connectivity index (χ4n) is 2.74. The smallest absolute Gasteiger partial charge is 0.252 e. The molecule has 1 amide bonds. The number of benzene rings is 1. The van der Waals surface area contributed by atoms with Gasteiger partial charge in [0.05, 0.1) is 11.1 Å². The maximum atomic E-state index is 12.5. The molecular weight excluding hydrogens is 302 g/mol. The van der Waals surface area contributed by atoms with Gasteiger partial charge in [0.25, 0.3) is 5.91 Å². The van der Waals surface area contributed by atoms with Crippen molar-refractivity contribution in [2.75, 3.05) is 6.54 Å². The fraction of sp³-hybridized carbons (Fsp3) is 0.111. The summed E-state index contributed by atoms with van der Waals surface area (Å²) in [6, 6.07) is 15.1. The second-order valence-corrected chi connectivity index (χ2v) is 5.43. The lowest BCUT2D eigenvalue weighted by Gasteiger charge is -2.07. The standard InChI is InChI=1S/C18H15N5O/c24-18(14-8-10-19-15-6-2-1-5-13(14)15)20-11-9-17-22-21-16-7-3-4-12-23(16)17/h1-8,10,12H,9,11H2,(H,20,24). The average Bonchev–Trinajstić information content (AvgIpc) is 3.04. The summed E-state index contributed by atoms with van der Waals surface area (Å²) in [4.78, 5) is 16.7. The zero-order valence-corrected chi connectivity index (χ0v) is 12.9. The Hall–Kier alpha value is -3.28. The highest BCUT2D eigenvalue weighted by atomic mass is 16.1. The number of fused-ring (bicyclic) bond motifs is 2. The number of nitrogens with one attached hydrogen (secondary N) is 1. The minimum Gasteiger partial charge on any atom is -0.352 e. The quantitative estimate of drug-likeness (QED) is 0.626. The average molecular weight is 317 g/mol. The molecule has 0 saturated heterocycles. The summed E-state index contributed by atoms with van der Waals surface area (Å²) in [7, 11) is 0. The predicted octanol–water partition coefficient (Wildman–Crippen LogP) is 2.25. The molecule has 0 bridgehead atoms. The van der Waals surface area contributed by atoms with Gasteiger partial charge < -0.3 is 5.32 Å². The van der Waals surface area contributed by atoms with Crippen LogP contribution in [0.2, 0.25) is 0 Å². The second kappa shape index (κ2) is 6.08. The van der Waals surface area contributed by atoms with Gasteiger partial charge in [-0.1, -0.05) is 24.3 Å². The lowest BCUT2D eigenvalue weighted by molar-refractivity contribution is 0.0955. The first kappa shape index (κ1) is 14.3. The zero-order valence-electron chi connectivity index (χ0n) is 12.9. The Balaban J connectivity index is 1.48. The van der Waals surface area contributed by atoms with Gasteiger partial charge in [0.1, 0.15) is 5.82 Å². The number of amides is 1. The SMILES string of the molecule is O=C(NCCc1nnc2ccccn12)c1ccnc2ccccc12. The second-order valence-electron chi connectivity index (χ2n) is 5.43. The molecule has 0 radical (unpaired) electrons. The maximum Gasteiger partial charge on any atom is 0.252 e. The third-order valence-corrected chi connectivity index (χ3v) is 3.91. The number of aromatic nitrogens is 4. The van der Waals surface area contributed by atoms with Crippen LogP contribution < -0.4 is 5.32 Å². The summed E-state index contributed by atoms with van der Waals surface area (Å²) in [6.07, 6.45) is 4.19. The molecule has 4 aromatic rings. The summed E-state index contributed by atoms with van der Waals surface area (Å²) >= 11 is 0. The number of para-hydroxylation sites is 1. The first-order chi connectivity index (χ1) is 11.8. The van der Waals surface area contributed by atoms with Crippen molar-refractivity contribution in [2.24, 2.45) is 0 Å². The van der Waals surface area contributed by atoms with Crippen LogP contribution in [-0.2, 0) is 6.42 Å². The van der Waals surface area contributed by atoms with Crippen LogP contribution in [0.3, 0.4) is 0 Å². The van der Waals surface area contributed by atoms with Crippen molar-refractivity contribution in [1.82, 2.24) is 24.9 Å². The molecule has 4 rings (SSSR count). The molecule has 1 N–H and O–H groups in total. The van der Waals surface area contributed by atoms with Gasteiger partial charge >= 0.3 is 0 Å². The van der Waals surface area contributed by atoms with Gasteiger partial charge in [-0.15, -0.1) is 10.2 Å². The van der Waals surface area contributed by atoms with Crippen molar-refractivity contribution < 1.29 is 4.79 Å². The molecule has 0 aliphatic carbocycles. The van der Waals surface area contributed by atoms with E-state index in [9.17, 15) is 4.79 Å². The summed E-state index contributed by atoms with van der Waals surface area (Å²) in [5.74, 6) is 0.716. The maximum absolute atomic E-state index is 12.5. The molecule has 0 spiro atoms. The molecule has 118 valence electrons. The largest absolute Gasteiger partial charge is 0.352 e. The number of nitrogens with zero attached hydrogens (tertiary/aromatic N) is 4. The Kier molecular flexibility index (Phi) is 3.63. The molecule has 0 fully saturated rings. The topological polar surface area (TPSA) is 72.2 Å². The lowest BCUT2D eigenvalue weighted by Crippen LogP contribution is -2.26. The number of carbonyl (C=O) groups is 1.